The SMILES string of the molecule is CCOC(=O)C(F)[C@H](N)c1cccc(OC(C)=O)c1.Cl. The van der Waals surface area contributed by atoms with E-state index in [-0.39, 0.29) is 24.8 Å². The number of halogens is 2. The Bertz CT molecular complexity index is 469. The van der Waals surface area contributed by atoms with Crippen LogP contribution in [0.15, 0.2) is 24.3 Å². The molecule has 2 N–H and O–H groups in total. The second-order valence-electron chi connectivity index (χ2n) is 3.85. The molecule has 5 nitrogen and oxygen atoms in total. The maximum Gasteiger partial charge on any atom is 0.342 e. The van der Waals surface area contributed by atoms with Crippen LogP contribution in [0.4, 0.5) is 4.39 Å². The van der Waals surface area contributed by atoms with Gasteiger partial charge in [-0.1, -0.05) is 12.1 Å². The number of carbonyl (C=O) groups excluding carboxylic acids is 2. The summed E-state index contributed by atoms with van der Waals surface area (Å²) in [6.07, 6.45) is -1.97. The van der Waals surface area contributed by atoms with E-state index in [9.17, 15) is 14.0 Å². The molecular weight excluding hydrogens is 289 g/mol. The highest BCUT2D eigenvalue weighted by atomic mass is 35.5. The van der Waals surface area contributed by atoms with Crippen LogP contribution in [0.3, 0.4) is 0 Å². The van der Waals surface area contributed by atoms with E-state index >= 15 is 0 Å². The number of hydrogen-bond acceptors (Lipinski definition) is 5. The Balaban J connectivity index is 0.00000361. The van der Waals surface area contributed by atoms with Crippen molar-refractivity contribution < 1.29 is 23.5 Å². The van der Waals surface area contributed by atoms with E-state index < -0.39 is 24.2 Å². The first kappa shape index (κ1) is 18.3. The number of ether oxygens (including phenoxy) is 2. The fourth-order valence-corrected chi connectivity index (χ4v) is 1.49. The summed E-state index contributed by atoms with van der Waals surface area (Å²) in [7, 11) is 0. The molecule has 0 aliphatic heterocycles. The molecule has 20 heavy (non-hydrogen) atoms. The van der Waals surface area contributed by atoms with Gasteiger partial charge in [0.1, 0.15) is 5.75 Å². The molecular formula is C13H17ClFNO4. The van der Waals surface area contributed by atoms with Crippen molar-refractivity contribution in [1.82, 2.24) is 0 Å². The van der Waals surface area contributed by atoms with Gasteiger partial charge >= 0.3 is 11.9 Å². The standard InChI is InChI=1S/C13H16FNO4.ClH/c1-3-18-13(17)11(14)12(15)9-5-4-6-10(7-9)19-8(2)16;/h4-7,11-12H,3,15H2,1-2H3;1H/t11?,12-;/m1./s1. The highest BCUT2D eigenvalue weighted by Crippen LogP contribution is 2.22. The molecule has 2 atom stereocenters. The summed E-state index contributed by atoms with van der Waals surface area (Å²) in [5, 5.41) is 0. The Labute approximate surface area is 122 Å². The lowest BCUT2D eigenvalue weighted by Gasteiger charge is -2.16. The molecule has 1 aromatic carbocycles. The third-order valence-corrected chi connectivity index (χ3v) is 2.33. The van der Waals surface area contributed by atoms with Crippen molar-refractivity contribution >= 4 is 24.3 Å². The number of rotatable bonds is 5. The quantitative estimate of drug-likeness (QED) is 0.664. The van der Waals surface area contributed by atoms with E-state index in [4.69, 9.17) is 10.5 Å². The maximum absolute atomic E-state index is 13.7. The molecule has 112 valence electrons. The van der Waals surface area contributed by atoms with Gasteiger partial charge in [0.2, 0.25) is 6.17 Å². The molecule has 0 saturated carbocycles. The van der Waals surface area contributed by atoms with Gasteiger partial charge < -0.3 is 15.2 Å². The number of hydrogen-bond donors (Lipinski definition) is 1. The van der Waals surface area contributed by atoms with E-state index in [0.29, 0.717) is 5.56 Å². The van der Waals surface area contributed by atoms with Crippen LogP contribution in [0.2, 0.25) is 0 Å². The Kier molecular flexibility index (Phi) is 7.79. The van der Waals surface area contributed by atoms with Gasteiger partial charge in [0.05, 0.1) is 12.6 Å². The molecule has 1 unspecified atom stereocenters. The molecule has 0 fully saturated rings. The Morgan fingerprint density at radius 3 is 2.60 bits per heavy atom. The van der Waals surface area contributed by atoms with Gasteiger partial charge in [-0.05, 0) is 24.6 Å². The first-order valence-corrected chi connectivity index (χ1v) is 5.80. The normalized spacial score (nSPS) is 12.8. The zero-order chi connectivity index (χ0) is 14.4. The second-order valence-corrected chi connectivity index (χ2v) is 3.85. The number of carbonyl (C=O) groups is 2. The average molecular weight is 306 g/mol. The first-order valence-electron chi connectivity index (χ1n) is 5.80. The Hall–Kier alpha value is -1.66. The Morgan fingerprint density at radius 1 is 1.40 bits per heavy atom. The summed E-state index contributed by atoms with van der Waals surface area (Å²) in [6.45, 7) is 2.92. The summed E-state index contributed by atoms with van der Waals surface area (Å²) in [5.41, 5.74) is 6.00. The summed E-state index contributed by atoms with van der Waals surface area (Å²) in [6, 6.07) is 4.89. The number of alkyl halides is 1. The van der Waals surface area contributed by atoms with Gasteiger partial charge in [-0.3, -0.25) is 4.79 Å². The predicted octanol–water partition coefficient (Wildman–Crippen LogP) is 1.93. The van der Waals surface area contributed by atoms with Crippen molar-refractivity contribution in [2.24, 2.45) is 5.73 Å². The molecule has 0 heterocycles. The van der Waals surface area contributed by atoms with Gasteiger partial charge in [0, 0.05) is 6.92 Å². The zero-order valence-electron chi connectivity index (χ0n) is 11.2. The van der Waals surface area contributed by atoms with Gasteiger partial charge in [0.25, 0.3) is 0 Å². The van der Waals surface area contributed by atoms with Crippen LogP contribution in [-0.4, -0.2) is 24.7 Å². The highest BCUT2D eigenvalue weighted by Gasteiger charge is 2.27. The fraction of sp³-hybridized carbons (Fsp3) is 0.385. The third kappa shape index (κ3) is 5.14. The molecule has 0 spiro atoms. The average Bonchev–Trinajstić information content (AvgIpc) is 2.36. The van der Waals surface area contributed by atoms with Crippen LogP contribution in [0.1, 0.15) is 25.5 Å². The van der Waals surface area contributed by atoms with Crippen molar-refractivity contribution in [2.75, 3.05) is 6.61 Å². The molecule has 0 bridgehead atoms. The molecule has 0 aliphatic carbocycles. The molecule has 0 saturated heterocycles. The maximum atomic E-state index is 13.7. The lowest BCUT2D eigenvalue weighted by atomic mass is 10.0. The predicted molar refractivity (Wildman–Crippen MR) is 73.5 cm³/mol. The van der Waals surface area contributed by atoms with Crippen LogP contribution < -0.4 is 10.5 Å². The van der Waals surface area contributed by atoms with Crippen molar-refractivity contribution in [3.8, 4) is 5.75 Å². The Morgan fingerprint density at radius 2 is 2.05 bits per heavy atom. The number of benzene rings is 1. The molecule has 0 aromatic heterocycles. The van der Waals surface area contributed by atoms with Crippen LogP contribution >= 0.6 is 12.4 Å². The largest absolute Gasteiger partial charge is 0.464 e. The van der Waals surface area contributed by atoms with E-state index in [0.717, 1.165) is 0 Å². The number of esters is 2. The fourth-order valence-electron chi connectivity index (χ4n) is 1.49. The highest BCUT2D eigenvalue weighted by molar-refractivity contribution is 5.85. The minimum atomic E-state index is -1.97. The molecule has 0 aliphatic rings. The monoisotopic (exact) mass is 305 g/mol. The molecule has 0 amide bonds. The van der Waals surface area contributed by atoms with Crippen molar-refractivity contribution in [1.29, 1.82) is 0 Å². The van der Waals surface area contributed by atoms with E-state index in [1.54, 1.807) is 19.1 Å². The minimum Gasteiger partial charge on any atom is -0.464 e. The lowest BCUT2D eigenvalue weighted by Crippen LogP contribution is -2.31. The van der Waals surface area contributed by atoms with Gasteiger partial charge in [-0.25, -0.2) is 9.18 Å². The first-order chi connectivity index (χ1) is 8.95. The molecule has 7 heteroatoms. The van der Waals surface area contributed by atoms with E-state index in [1.807, 2.05) is 0 Å². The second kappa shape index (κ2) is 8.50. The minimum absolute atomic E-state index is 0. The smallest absolute Gasteiger partial charge is 0.342 e. The number of nitrogens with two attached hydrogens (primary N) is 1. The van der Waals surface area contributed by atoms with Crippen molar-refractivity contribution in [2.45, 2.75) is 26.1 Å². The summed E-state index contributed by atoms with van der Waals surface area (Å²) < 4.78 is 23.2. The third-order valence-electron chi connectivity index (χ3n) is 2.33. The summed E-state index contributed by atoms with van der Waals surface area (Å²) >= 11 is 0. The molecule has 0 radical (unpaired) electrons. The summed E-state index contributed by atoms with van der Waals surface area (Å²) in [4.78, 5) is 22.1. The van der Waals surface area contributed by atoms with E-state index in [1.165, 1.54) is 19.1 Å². The van der Waals surface area contributed by atoms with Crippen LogP contribution in [0, 0.1) is 0 Å². The summed E-state index contributed by atoms with van der Waals surface area (Å²) in [5.74, 6) is -1.25. The van der Waals surface area contributed by atoms with Gasteiger partial charge in [-0.2, -0.15) is 0 Å². The zero-order valence-corrected chi connectivity index (χ0v) is 12.0. The van der Waals surface area contributed by atoms with E-state index in [2.05, 4.69) is 4.74 Å². The van der Waals surface area contributed by atoms with Crippen LogP contribution in [0.25, 0.3) is 0 Å². The topological polar surface area (TPSA) is 78.6 Å². The lowest BCUT2D eigenvalue weighted by molar-refractivity contribution is -0.150. The van der Waals surface area contributed by atoms with Gasteiger partial charge in [-0.15, -0.1) is 12.4 Å². The molecule has 1 aromatic rings. The van der Waals surface area contributed by atoms with Crippen molar-refractivity contribution in [3.63, 3.8) is 0 Å². The van der Waals surface area contributed by atoms with Crippen molar-refractivity contribution in [3.05, 3.63) is 29.8 Å². The van der Waals surface area contributed by atoms with Crippen LogP contribution in [0.5, 0.6) is 5.75 Å². The van der Waals surface area contributed by atoms with Gasteiger partial charge in [0.15, 0.2) is 0 Å². The van der Waals surface area contributed by atoms with Crippen LogP contribution in [-0.2, 0) is 14.3 Å². The molecule has 1 rings (SSSR count).